The van der Waals surface area contributed by atoms with E-state index in [2.05, 4.69) is 158 Å². The number of benzene rings is 7. The summed E-state index contributed by atoms with van der Waals surface area (Å²) < 4.78 is 41.4. The summed E-state index contributed by atoms with van der Waals surface area (Å²) in [5.74, 6) is 0.816. The van der Waals surface area contributed by atoms with Crippen molar-refractivity contribution in [3.63, 3.8) is 0 Å². The number of aromatic nitrogens is 3. The molecule has 0 atom stereocenters. The summed E-state index contributed by atoms with van der Waals surface area (Å²) in [4.78, 5) is 2.42. The molecule has 10 heteroatoms. The number of hydrogen-bond acceptors (Lipinski definition) is 7. The third-order valence-electron chi connectivity index (χ3n) is 12.7. The minimum absolute atomic E-state index is 0.503. The van der Waals surface area contributed by atoms with Crippen LogP contribution in [-0.4, -0.2) is 86.9 Å². The SMILES string of the molecule is CCOCCOCCn1c2ccccc2c2cc(N(c3ccc4c(c3)c3ccccc3n4CCOCCOCC)c3ccc4c(c3)c3ccccc3n4-c3ccc(OCCOC)cc3)ccc21. The number of ether oxygens (including phenoxy) is 6. The normalized spacial score (nSPS) is 11.9. The van der Waals surface area contributed by atoms with E-state index in [-0.39, 0.29) is 0 Å². The summed E-state index contributed by atoms with van der Waals surface area (Å²) in [6, 6.07) is 55.1. The number of methoxy groups -OCH3 is 1. The van der Waals surface area contributed by atoms with Gasteiger partial charge in [-0.25, -0.2) is 0 Å². The fourth-order valence-corrected chi connectivity index (χ4v) is 9.64. The zero-order chi connectivity index (χ0) is 45.5. The molecule has 10 nitrogen and oxygen atoms in total. The highest BCUT2D eigenvalue weighted by molar-refractivity contribution is 6.13. The van der Waals surface area contributed by atoms with Gasteiger partial charge in [0.05, 0.1) is 57.3 Å². The van der Waals surface area contributed by atoms with Crippen molar-refractivity contribution in [3.8, 4) is 11.4 Å². The smallest absolute Gasteiger partial charge is 0.119 e. The summed E-state index contributed by atoms with van der Waals surface area (Å²) in [6.07, 6.45) is 0. The molecule has 0 spiro atoms. The predicted molar refractivity (Wildman–Crippen MR) is 273 cm³/mol. The summed E-state index contributed by atoms with van der Waals surface area (Å²) in [7, 11) is 1.69. The fraction of sp³-hybridized carbons (Fsp3) is 0.263. The second kappa shape index (κ2) is 20.5. The molecular formula is C57H58N4O6. The highest BCUT2D eigenvalue weighted by Crippen LogP contribution is 2.43. The van der Waals surface area contributed by atoms with Crippen LogP contribution < -0.4 is 9.64 Å². The Kier molecular flexibility index (Phi) is 13.5. The van der Waals surface area contributed by atoms with Crippen LogP contribution in [0.25, 0.3) is 71.1 Å². The highest BCUT2D eigenvalue weighted by atomic mass is 16.5. The number of anilines is 3. The summed E-state index contributed by atoms with van der Waals surface area (Å²) in [5.41, 5.74) is 11.3. The molecule has 0 aliphatic heterocycles. The van der Waals surface area contributed by atoms with E-state index in [1.54, 1.807) is 7.11 Å². The van der Waals surface area contributed by atoms with Crippen molar-refractivity contribution < 1.29 is 28.4 Å². The molecule has 0 saturated heterocycles. The van der Waals surface area contributed by atoms with Gasteiger partial charge in [0.1, 0.15) is 12.4 Å². The number of fused-ring (bicyclic) bond motifs is 9. The Labute approximate surface area is 391 Å². The predicted octanol–water partition coefficient (Wildman–Crippen LogP) is 12.6. The lowest BCUT2D eigenvalue weighted by atomic mass is 10.1. The van der Waals surface area contributed by atoms with Gasteiger partial charge in [-0.15, -0.1) is 0 Å². The van der Waals surface area contributed by atoms with Gasteiger partial charge in [-0.05, 0) is 111 Å². The van der Waals surface area contributed by atoms with Gasteiger partial charge in [-0.2, -0.15) is 0 Å². The Hall–Kier alpha value is -6.66. The maximum Gasteiger partial charge on any atom is 0.119 e. The molecule has 3 heterocycles. The molecule has 10 rings (SSSR count). The average molecular weight is 895 g/mol. The van der Waals surface area contributed by atoms with Crippen molar-refractivity contribution >= 4 is 82.5 Å². The standard InChI is InChI=1S/C57H58N4O6/c1-4-63-33-35-65-30-28-58-52-15-9-6-12-46(52)49-38-42(20-25-54(49)58)60(43-21-26-55-50(39-43)47-13-7-10-16-53(47)59(55)29-31-66-36-34-64-5-2)44-22-27-57-51(40-44)48-14-8-11-17-56(48)61(57)41-18-23-45(24-19-41)67-37-32-62-3/h6-27,38-40H,4-5,28-37H2,1-3H3. The summed E-state index contributed by atoms with van der Waals surface area (Å²) in [6.45, 7) is 11.5. The van der Waals surface area contributed by atoms with Crippen molar-refractivity contribution in [2.45, 2.75) is 26.9 Å². The first-order valence-corrected chi connectivity index (χ1v) is 23.5. The van der Waals surface area contributed by atoms with E-state index in [9.17, 15) is 0 Å². The van der Waals surface area contributed by atoms with Crippen LogP contribution in [0.1, 0.15) is 13.8 Å². The van der Waals surface area contributed by atoms with Gasteiger partial charge < -0.3 is 47.0 Å². The maximum atomic E-state index is 6.03. The Morgan fingerprint density at radius 2 is 0.806 bits per heavy atom. The Morgan fingerprint density at radius 1 is 0.388 bits per heavy atom. The lowest BCUT2D eigenvalue weighted by molar-refractivity contribution is 0.0503. The fourth-order valence-electron chi connectivity index (χ4n) is 9.64. The van der Waals surface area contributed by atoms with Gasteiger partial charge >= 0.3 is 0 Å². The minimum atomic E-state index is 0.503. The van der Waals surface area contributed by atoms with Crippen molar-refractivity contribution in [1.29, 1.82) is 0 Å². The number of hydrogen-bond donors (Lipinski definition) is 0. The molecule has 342 valence electrons. The molecule has 0 aliphatic rings. The highest BCUT2D eigenvalue weighted by Gasteiger charge is 2.21. The van der Waals surface area contributed by atoms with Crippen LogP contribution in [0, 0.1) is 0 Å². The lowest BCUT2D eigenvalue weighted by Gasteiger charge is -2.26. The van der Waals surface area contributed by atoms with Crippen LogP contribution in [0.5, 0.6) is 5.75 Å². The van der Waals surface area contributed by atoms with Gasteiger partial charge in [0.15, 0.2) is 0 Å². The largest absolute Gasteiger partial charge is 0.491 e. The Balaban J connectivity index is 1.10. The van der Waals surface area contributed by atoms with Gasteiger partial charge in [0.25, 0.3) is 0 Å². The van der Waals surface area contributed by atoms with E-state index >= 15 is 0 Å². The Morgan fingerprint density at radius 3 is 1.31 bits per heavy atom. The van der Waals surface area contributed by atoms with Gasteiger partial charge in [-0.3, -0.25) is 0 Å². The van der Waals surface area contributed by atoms with Gasteiger partial charge in [0.2, 0.25) is 0 Å². The van der Waals surface area contributed by atoms with Crippen molar-refractivity contribution in [2.24, 2.45) is 0 Å². The van der Waals surface area contributed by atoms with E-state index in [1.165, 1.54) is 54.4 Å². The monoisotopic (exact) mass is 894 g/mol. The minimum Gasteiger partial charge on any atom is -0.491 e. The van der Waals surface area contributed by atoms with Crippen LogP contribution in [0.2, 0.25) is 0 Å². The first-order chi connectivity index (χ1) is 33.2. The van der Waals surface area contributed by atoms with Crippen molar-refractivity contribution in [2.75, 3.05) is 78.1 Å². The van der Waals surface area contributed by atoms with Crippen molar-refractivity contribution in [1.82, 2.24) is 13.7 Å². The number of nitrogens with zero attached hydrogens (tertiary/aromatic N) is 4. The maximum absolute atomic E-state index is 6.03. The molecule has 67 heavy (non-hydrogen) atoms. The van der Waals surface area contributed by atoms with E-state index in [1.807, 2.05) is 26.0 Å². The van der Waals surface area contributed by atoms with Crippen LogP contribution in [0.3, 0.4) is 0 Å². The molecular weight excluding hydrogens is 837 g/mol. The molecule has 0 amide bonds. The van der Waals surface area contributed by atoms with E-state index in [0.717, 1.165) is 52.6 Å². The molecule has 0 N–H and O–H groups in total. The molecule has 0 aliphatic carbocycles. The van der Waals surface area contributed by atoms with Gasteiger partial charge in [0, 0.05) is 111 Å². The van der Waals surface area contributed by atoms with Crippen LogP contribution >= 0.6 is 0 Å². The zero-order valence-electron chi connectivity index (χ0n) is 38.7. The quantitative estimate of drug-likeness (QED) is 0.0628. The van der Waals surface area contributed by atoms with Crippen LogP contribution in [0.4, 0.5) is 17.1 Å². The van der Waals surface area contributed by atoms with Crippen LogP contribution in [0.15, 0.2) is 152 Å². The van der Waals surface area contributed by atoms with E-state index in [0.29, 0.717) is 66.1 Å². The molecule has 0 saturated carbocycles. The Bertz CT molecular complexity index is 3140. The lowest BCUT2D eigenvalue weighted by Crippen LogP contribution is -2.11. The molecule has 3 aromatic heterocycles. The zero-order valence-corrected chi connectivity index (χ0v) is 38.7. The first kappa shape index (κ1) is 44.2. The molecule has 10 aromatic rings. The number of para-hydroxylation sites is 3. The number of rotatable bonds is 22. The van der Waals surface area contributed by atoms with Gasteiger partial charge in [-0.1, -0.05) is 54.6 Å². The van der Waals surface area contributed by atoms with Crippen molar-refractivity contribution in [3.05, 3.63) is 152 Å². The molecule has 0 unspecified atom stereocenters. The second-order valence-electron chi connectivity index (χ2n) is 16.6. The summed E-state index contributed by atoms with van der Waals surface area (Å²) in [5, 5.41) is 7.17. The molecule has 0 radical (unpaired) electrons. The second-order valence-corrected chi connectivity index (χ2v) is 16.6. The third-order valence-corrected chi connectivity index (χ3v) is 12.7. The molecule has 0 bridgehead atoms. The van der Waals surface area contributed by atoms with E-state index < -0.39 is 0 Å². The molecule has 0 fully saturated rings. The average Bonchev–Trinajstić information content (AvgIpc) is 3.99. The topological polar surface area (TPSA) is 73.4 Å². The van der Waals surface area contributed by atoms with E-state index in [4.69, 9.17) is 28.4 Å². The first-order valence-electron chi connectivity index (χ1n) is 23.5. The van der Waals surface area contributed by atoms with Crippen LogP contribution in [-0.2, 0) is 36.8 Å². The third kappa shape index (κ3) is 8.87. The summed E-state index contributed by atoms with van der Waals surface area (Å²) >= 11 is 0. The molecule has 7 aromatic carbocycles.